The average molecular weight is 508 g/mol. The molecule has 2 heterocycles. The molecule has 0 aliphatic heterocycles. The molecule has 0 unspecified atom stereocenters. The van der Waals surface area contributed by atoms with Gasteiger partial charge in [0.05, 0.1) is 47.7 Å². The number of nitrogen functional groups attached to an aromatic ring is 1. The van der Waals surface area contributed by atoms with E-state index in [9.17, 15) is 4.79 Å². The summed E-state index contributed by atoms with van der Waals surface area (Å²) >= 11 is 0. The van der Waals surface area contributed by atoms with E-state index in [1.54, 1.807) is 6.92 Å². The van der Waals surface area contributed by atoms with Crippen molar-refractivity contribution in [3.05, 3.63) is 95.4 Å². The van der Waals surface area contributed by atoms with Crippen molar-refractivity contribution >= 4 is 28.5 Å². The van der Waals surface area contributed by atoms with Crippen molar-refractivity contribution in [2.75, 3.05) is 11.9 Å². The van der Waals surface area contributed by atoms with Gasteiger partial charge in [-0.1, -0.05) is 30.3 Å². The number of nitrogens with one attached hydrogen (secondary N) is 3. The first-order valence-electron chi connectivity index (χ1n) is 12.4. The molecule has 0 aliphatic carbocycles. The van der Waals surface area contributed by atoms with Gasteiger partial charge in [0.25, 0.3) is 0 Å². The number of aromatic nitrogens is 4. The minimum atomic E-state index is -0.302. The minimum Gasteiger partial charge on any atom is -0.466 e. The van der Waals surface area contributed by atoms with E-state index in [-0.39, 0.29) is 18.2 Å². The van der Waals surface area contributed by atoms with Crippen LogP contribution in [-0.4, -0.2) is 38.2 Å². The Kier molecular flexibility index (Phi) is 6.90. The molecule has 0 saturated heterocycles. The van der Waals surface area contributed by atoms with Crippen LogP contribution in [0.25, 0.3) is 28.0 Å². The molecule has 9 heteroatoms. The predicted molar refractivity (Wildman–Crippen MR) is 149 cm³/mol. The zero-order valence-electron chi connectivity index (χ0n) is 21.3. The zero-order valence-corrected chi connectivity index (χ0v) is 21.3. The number of rotatable bonds is 9. The summed E-state index contributed by atoms with van der Waals surface area (Å²) in [6.45, 7) is 4.66. The van der Waals surface area contributed by atoms with Gasteiger partial charge in [-0.15, -0.1) is 0 Å². The number of ether oxygens (including phenoxy) is 1. The smallest absolute Gasteiger partial charge is 0.311 e. The fourth-order valence-corrected chi connectivity index (χ4v) is 4.39. The molecule has 0 aliphatic rings. The zero-order chi connectivity index (χ0) is 26.6. The summed E-state index contributed by atoms with van der Waals surface area (Å²) in [5, 5.41) is 15.7. The fraction of sp³-hybridized carbons (Fsp3) is 0.172. The van der Waals surface area contributed by atoms with Gasteiger partial charge in [0, 0.05) is 22.4 Å². The van der Waals surface area contributed by atoms with Crippen LogP contribution in [0.3, 0.4) is 0 Å². The van der Waals surface area contributed by atoms with E-state index in [2.05, 4.69) is 10.3 Å². The highest BCUT2D eigenvalue weighted by Crippen LogP contribution is 2.29. The SMILES string of the molecule is CCOC(=O)Cc1cc(-c2ccccc2)n(-c2ccc3[nH]c(CNc4ccc(C(=N)N)cc4)nc3c2C)n1. The third kappa shape index (κ3) is 5.12. The lowest BCUT2D eigenvalue weighted by Crippen LogP contribution is -2.10. The topological polar surface area (TPSA) is 135 Å². The molecule has 0 amide bonds. The predicted octanol–water partition coefficient (Wildman–Crippen LogP) is 4.73. The Labute approximate surface area is 220 Å². The van der Waals surface area contributed by atoms with Gasteiger partial charge in [-0.05, 0) is 56.3 Å². The maximum Gasteiger partial charge on any atom is 0.311 e. The molecule has 192 valence electrons. The minimum absolute atomic E-state index is 0.0423. The van der Waals surface area contributed by atoms with Crippen LogP contribution in [-0.2, 0) is 22.5 Å². The van der Waals surface area contributed by atoms with Crippen molar-refractivity contribution in [1.29, 1.82) is 5.41 Å². The van der Waals surface area contributed by atoms with Gasteiger partial charge >= 0.3 is 5.97 Å². The molecule has 0 fully saturated rings. The lowest BCUT2D eigenvalue weighted by atomic mass is 10.1. The van der Waals surface area contributed by atoms with Crippen LogP contribution in [0.4, 0.5) is 5.69 Å². The third-order valence-corrected chi connectivity index (χ3v) is 6.27. The van der Waals surface area contributed by atoms with Gasteiger partial charge in [0.1, 0.15) is 11.7 Å². The highest BCUT2D eigenvalue weighted by atomic mass is 16.5. The summed E-state index contributed by atoms with van der Waals surface area (Å²) in [7, 11) is 0. The second-order valence-electron chi connectivity index (χ2n) is 8.91. The molecular weight excluding hydrogens is 478 g/mol. The number of nitrogens with zero attached hydrogens (tertiary/aromatic N) is 3. The number of hydrogen-bond donors (Lipinski definition) is 4. The van der Waals surface area contributed by atoms with Crippen molar-refractivity contribution in [2.45, 2.75) is 26.8 Å². The van der Waals surface area contributed by atoms with Crippen molar-refractivity contribution < 1.29 is 9.53 Å². The van der Waals surface area contributed by atoms with Crippen LogP contribution in [0.5, 0.6) is 0 Å². The summed E-state index contributed by atoms with van der Waals surface area (Å²) in [5.41, 5.74) is 13.3. The van der Waals surface area contributed by atoms with Crippen LogP contribution in [0.15, 0.2) is 72.8 Å². The van der Waals surface area contributed by atoms with Gasteiger partial charge in [-0.25, -0.2) is 9.67 Å². The second kappa shape index (κ2) is 10.6. The molecule has 38 heavy (non-hydrogen) atoms. The maximum absolute atomic E-state index is 12.2. The van der Waals surface area contributed by atoms with E-state index >= 15 is 0 Å². The lowest BCUT2D eigenvalue weighted by molar-refractivity contribution is -0.142. The quantitative estimate of drug-likeness (QED) is 0.129. The summed E-state index contributed by atoms with van der Waals surface area (Å²) < 4.78 is 7.02. The van der Waals surface area contributed by atoms with Gasteiger partial charge in [0.2, 0.25) is 0 Å². The van der Waals surface area contributed by atoms with Gasteiger partial charge in [-0.2, -0.15) is 5.10 Å². The molecule has 5 aromatic rings. The fourth-order valence-electron chi connectivity index (χ4n) is 4.39. The maximum atomic E-state index is 12.2. The number of esters is 1. The Morgan fingerprint density at radius 2 is 1.87 bits per heavy atom. The first-order chi connectivity index (χ1) is 18.4. The lowest BCUT2D eigenvalue weighted by Gasteiger charge is -2.11. The molecule has 9 nitrogen and oxygen atoms in total. The van der Waals surface area contributed by atoms with Crippen molar-refractivity contribution in [2.24, 2.45) is 5.73 Å². The van der Waals surface area contributed by atoms with Gasteiger partial charge in [-0.3, -0.25) is 10.2 Å². The normalized spacial score (nSPS) is 11.0. The van der Waals surface area contributed by atoms with E-state index in [0.29, 0.717) is 24.4 Å². The molecule has 0 saturated carbocycles. The second-order valence-corrected chi connectivity index (χ2v) is 8.91. The highest BCUT2D eigenvalue weighted by Gasteiger charge is 2.18. The molecule has 0 atom stereocenters. The third-order valence-electron chi connectivity index (χ3n) is 6.27. The average Bonchev–Trinajstić information content (AvgIpc) is 3.53. The van der Waals surface area contributed by atoms with E-state index in [4.69, 9.17) is 26.0 Å². The van der Waals surface area contributed by atoms with Crippen LogP contribution in [0.2, 0.25) is 0 Å². The van der Waals surface area contributed by atoms with Gasteiger partial charge in [0.15, 0.2) is 0 Å². The standard InChI is InChI=1S/C29H29N7O2/c1-3-38-27(37)16-22-15-25(19-7-5-4-6-8-19)36(35-22)24-14-13-23-28(18(24)2)34-26(33-23)17-32-21-11-9-20(10-12-21)29(30)31/h4-15,32H,3,16-17H2,1-2H3,(H3,30,31)(H,33,34). The largest absolute Gasteiger partial charge is 0.466 e. The van der Waals surface area contributed by atoms with Crippen LogP contribution in [0, 0.1) is 12.3 Å². The first kappa shape index (κ1) is 24.8. The number of imidazole rings is 1. The van der Waals surface area contributed by atoms with Crippen molar-refractivity contribution in [3.8, 4) is 16.9 Å². The number of amidine groups is 1. The first-order valence-corrected chi connectivity index (χ1v) is 12.4. The van der Waals surface area contributed by atoms with E-state index < -0.39 is 0 Å². The number of H-pyrrole nitrogens is 1. The number of benzene rings is 3. The van der Waals surface area contributed by atoms with E-state index in [0.717, 1.165) is 45.1 Å². The van der Waals surface area contributed by atoms with Gasteiger partial charge < -0.3 is 20.8 Å². The van der Waals surface area contributed by atoms with Crippen molar-refractivity contribution in [1.82, 2.24) is 19.7 Å². The number of carbonyl (C=O) groups excluding carboxylic acids is 1. The van der Waals surface area contributed by atoms with Crippen molar-refractivity contribution in [3.63, 3.8) is 0 Å². The Bertz CT molecular complexity index is 1600. The molecule has 0 bridgehead atoms. The number of fused-ring (bicyclic) bond motifs is 1. The van der Waals surface area contributed by atoms with Crippen LogP contribution in [0.1, 0.15) is 29.6 Å². The Hall–Kier alpha value is -4.92. The summed E-state index contributed by atoms with van der Waals surface area (Å²) in [6.07, 6.45) is 0.105. The number of aromatic amines is 1. The summed E-state index contributed by atoms with van der Waals surface area (Å²) in [5.74, 6) is 0.535. The summed E-state index contributed by atoms with van der Waals surface area (Å²) in [4.78, 5) is 20.4. The number of anilines is 1. The Morgan fingerprint density at radius 3 is 2.58 bits per heavy atom. The monoisotopic (exact) mass is 507 g/mol. The van der Waals surface area contributed by atoms with E-state index in [1.165, 1.54) is 0 Å². The molecule has 0 spiro atoms. The molecular formula is C29H29N7O2. The van der Waals surface area contributed by atoms with Crippen LogP contribution < -0.4 is 11.1 Å². The van der Waals surface area contributed by atoms with E-state index in [1.807, 2.05) is 84.4 Å². The Balaban J connectivity index is 1.46. The molecule has 5 rings (SSSR count). The number of aryl methyl sites for hydroxylation is 1. The number of nitrogens with two attached hydrogens (primary N) is 1. The molecule has 0 radical (unpaired) electrons. The number of carbonyl (C=O) groups is 1. The Morgan fingerprint density at radius 1 is 1.11 bits per heavy atom. The number of hydrogen-bond acceptors (Lipinski definition) is 6. The summed E-state index contributed by atoms with van der Waals surface area (Å²) in [6, 6.07) is 23.3. The molecule has 3 aromatic carbocycles. The molecule has 2 aromatic heterocycles. The highest BCUT2D eigenvalue weighted by molar-refractivity contribution is 5.95. The van der Waals surface area contributed by atoms with Crippen LogP contribution >= 0.6 is 0 Å². The molecule has 5 N–H and O–H groups in total.